The number of aryl methyl sites for hydroxylation is 2. The number of anilines is 6. The fourth-order valence-electron chi connectivity index (χ4n) is 7.66. The number of hydrogen-bond donors (Lipinski definition) is 0. The lowest BCUT2D eigenvalue weighted by molar-refractivity contribution is 1.15. The number of benzene rings is 7. The van der Waals surface area contributed by atoms with Gasteiger partial charge in [0.05, 0.1) is 22.9 Å². The highest BCUT2D eigenvalue weighted by Crippen LogP contribution is 2.43. The van der Waals surface area contributed by atoms with Crippen LogP contribution >= 0.6 is 0 Å². The number of aromatic nitrogens is 3. The molecule has 0 fully saturated rings. The monoisotopic (exact) mass is 683 g/mol. The third-order valence-corrected chi connectivity index (χ3v) is 9.90. The second-order valence-electron chi connectivity index (χ2n) is 13.3. The van der Waals surface area contributed by atoms with Gasteiger partial charge in [0.15, 0.2) is 0 Å². The van der Waals surface area contributed by atoms with Crippen LogP contribution in [0.25, 0.3) is 38.8 Å². The Morgan fingerprint density at radius 2 is 0.849 bits per heavy atom. The van der Waals surface area contributed by atoms with Crippen LogP contribution in [0.4, 0.5) is 34.1 Å². The van der Waals surface area contributed by atoms with Gasteiger partial charge in [-0.1, -0.05) is 72.8 Å². The van der Waals surface area contributed by atoms with Crippen LogP contribution < -0.4 is 9.80 Å². The molecule has 0 saturated heterocycles. The third kappa shape index (κ3) is 5.88. The normalized spacial score (nSPS) is 11.2. The van der Waals surface area contributed by atoms with Gasteiger partial charge in [0.1, 0.15) is 0 Å². The van der Waals surface area contributed by atoms with E-state index in [0.717, 1.165) is 73.2 Å². The predicted molar refractivity (Wildman–Crippen MR) is 221 cm³/mol. The van der Waals surface area contributed by atoms with Crippen molar-refractivity contribution in [1.29, 1.82) is 0 Å². The van der Waals surface area contributed by atoms with E-state index in [1.54, 1.807) is 12.4 Å². The van der Waals surface area contributed by atoms with Gasteiger partial charge in [-0.05, 0) is 122 Å². The molecule has 9 aromatic rings. The van der Waals surface area contributed by atoms with E-state index in [9.17, 15) is 0 Å². The highest BCUT2D eigenvalue weighted by atomic mass is 15.1. The van der Waals surface area contributed by atoms with Crippen molar-refractivity contribution in [3.05, 3.63) is 200 Å². The number of rotatable bonds is 8. The van der Waals surface area contributed by atoms with E-state index in [1.165, 1.54) is 10.8 Å². The minimum Gasteiger partial charge on any atom is -0.310 e. The van der Waals surface area contributed by atoms with Gasteiger partial charge >= 0.3 is 0 Å². The molecule has 5 nitrogen and oxygen atoms in total. The lowest BCUT2D eigenvalue weighted by atomic mass is 9.99. The summed E-state index contributed by atoms with van der Waals surface area (Å²) >= 11 is 0. The Morgan fingerprint density at radius 1 is 0.434 bits per heavy atom. The minimum absolute atomic E-state index is 0.884. The summed E-state index contributed by atoms with van der Waals surface area (Å²) in [6, 6.07) is 60.7. The van der Waals surface area contributed by atoms with Crippen molar-refractivity contribution in [2.75, 3.05) is 9.80 Å². The molecular weight excluding hydrogens is 647 g/mol. The average Bonchev–Trinajstić information content (AvgIpc) is 3.53. The molecule has 0 aliphatic heterocycles. The first-order chi connectivity index (χ1) is 26.1. The Labute approximate surface area is 309 Å². The number of nitrogens with zero attached hydrogens (tertiary/aromatic N) is 5. The molecule has 0 saturated carbocycles. The molecule has 5 heteroatoms. The molecule has 0 aliphatic carbocycles. The van der Waals surface area contributed by atoms with Crippen LogP contribution in [0.5, 0.6) is 0 Å². The second kappa shape index (κ2) is 13.6. The largest absolute Gasteiger partial charge is 0.310 e. The van der Waals surface area contributed by atoms with Crippen molar-refractivity contribution in [2.45, 2.75) is 13.8 Å². The molecule has 7 aromatic carbocycles. The van der Waals surface area contributed by atoms with Gasteiger partial charge in [-0.25, -0.2) is 0 Å². The van der Waals surface area contributed by atoms with Crippen LogP contribution in [0.2, 0.25) is 0 Å². The molecule has 2 aromatic heterocycles. The molecule has 9 rings (SSSR count). The number of hydrogen-bond acceptors (Lipinski definition) is 4. The molecule has 0 atom stereocenters. The van der Waals surface area contributed by atoms with E-state index in [4.69, 9.17) is 0 Å². The first-order valence-electron chi connectivity index (χ1n) is 17.9. The summed E-state index contributed by atoms with van der Waals surface area (Å²) in [6.07, 6.45) is 5.32. The molecule has 53 heavy (non-hydrogen) atoms. The van der Waals surface area contributed by atoms with Gasteiger partial charge in [-0.15, -0.1) is 0 Å². The van der Waals surface area contributed by atoms with Crippen molar-refractivity contribution in [1.82, 2.24) is 14.5 Å². The number of para-hydroxylation sites is 4. The van der Waals surface area contributed by atoms with Crippen LogP contribution in [0.1, 0.15) is 11.1 Å². The lowest BCUT2D eigenvalue weighted by Gasteiger charge is -2.26. The van der Waals surface area contributed by atoms with Crippen LogP contribution in [-0.2, 0) is 0 Å². The smallest absolute Gasteiger partial charge is 0.0890 e. The van der Waals surface area contributed by atoms with Crippen LogP contribution in [0, 0.1) is 13.8 Å². The predicted octanol–water partition coefficient (Wildman–Crippen LogP) is 12.8. The molecule has 254 valence electrons. The summed E-state index contributed by atoms with van der Waals surface area (Å²) in [5.41, 5.74) is 14.3. The van der Waals surface area contributed by atoms with E-state index < -0.39 is 0 Å². The Kier molecular flexibility index (Phi) is 8.22. The van der Waals surface area contributed by atoms with Crippen molar-refractivity contribution in [3.8, 4) is 16.9 Å². The van der Waals surface area contributed by atoms with E-state index in [-0.39, 0.29) is 0 Å². The fourth-order valence-corrected chi connectivity index (χ4v) is 7.66. The molecular formula is C48H37N5. The Bertz CT molecular complexity index is 2430. The van der Waals surface area contributed by atoms with Crippen LogP contribution in [0.15, 0.2) is 188 Å². The van der Waals surface area contributed by atoms with Gasteiger partial charge in [-0.2, -0.15) is 0 Å². The molecule has 0 unspecified atom stereocenters. The van der Waals surface area contributed by atoms with E-state index in [1.807, 2.05) is 6.20 Å². The van der Waals surface area contributed by atoms with E-state index >= 15 is 0 Å². The lowest BCUT2D eigenvalue weighted by Crippen LogP contribution is -2.09. The maximum Gasteiger partial charge on any atom is 0.0890 e. The van der Waals surface area contributed by atoms with Gasteiger partial charge in [-0.3, -0.25) is 9.97 Å². The maximum atomic E-state index is 4.64. The van der Waals surface area contributed by atoms with Crippen molar-refractivity contribution in [2.24, 2.45) is 0 Å². The van der Waals surface area contributed by atoms with Crippen molar-refractivity contribution in [3.63, 3.8) is 0 Å². The average molecular weight is 684 g/mol. The van der Waals surface area contributed by atoms with E-state index in [0.29, 0.717) is 0 Å². The summed E-state index contributed by atoms with van der Waals surface area (Å²) in [4.78, 5) is 13.7. The first kappa shape index (κ1) is 32.0. The second-order valence-corrected chi connectivity index (χ2v) is 13.3. The summed E-state index contributed by atoms with van der Waals surface area (Å²) in [7, 11) is 0. The quantitative estimate of drug-likeness (QED) is 0.160. The van der Waals surface area contributed by atoms with Crippen molar-refractivity contribution < 1.29 is 0 Å². The highest BCUT2D eigenvalue weighted by molar-refractivity contribution is 6.12. The molecule has 0 amide bonds. The summed E-state index contributed by atoms with van der Waals surface area (Å²) in [6.45, 7) is 4.33. The molecule has 0 N–H and O–H groups in total. The van der Waals surface area contributed by atoms with Gasteiger partial charge < -0.3 is 14.4 Å². The standard InChI is InChI=1S/C48H37N5/c1-34-29-42(30-35(2)48(34)45-33-49-27-28-50-45)53-46-25-23-40(51(36-15-7-3-8-16-36)37-17-9-4-10-18-37)31-43(46)44-32-41(24-26-47(44)53)52(38-19-11-5-12-20-38)39-21-13-6-14-22-39/h3-33H,1-2H3. The van der Waals surface area contributed by atoms with Gasteiger partial charge in [0, 0.05) is 68.5 Å². The van der Waals surface area contributed by atoms with Crippen molar-refractivity contribution >= 4 is 55.9 Å². The first-order valence-corrected chi connectivity index (χ1v) is 17.9. The zero-order valence-corrected chi connectivity index (χ0v) is 29.6. The molecule has 0 bridgehead atoms. The topological polar surface area (TPSA) is 37.2 Å². The zero-order valence-electron chi connectivity index (χ0n) is 29.6. The zero-order chi connectivity index (χ0) is 35.7. The summed E-state index contributed by atoms with van der Waals surface area (Å²) in [5, 5.41) is 2.34. The molecule has 2 heterocycles. The summed E-state index contributed by atoms with van der Waals surface area (Å²) in [5.74, 6) is 0. The fraction of sp³-hybridized carbons (Fsp3) is 0.0417. The maximum absolute atomic E-state index is 4.64. The molecule has 0 spiro atoms. The van der Waals surface area contributed by atoms with Gasteiger partial charge in [0.2, 0.25) is 0 Å². The third-order valence-electron chi connectivity index (χ3n) is 9.90. The number of fused-ring (bicyclic) bond motifs is 3. The van der Waals surface area contributed by atoms with E-state index in [2.05, 4.69) is 208 Å². The van der Waals surface area contributed by atoms with Gasteiger partial charge in [0.25, 0.3) is 0 Å². The molecule has 0 radical (unpaired) electrons. The summed E-state index contributed by atoms with van der Waals surface area (Å²) < 4.78 is 2.41. The highest BCUT2D eigenvalue weighted by Gasteiger charge is 2.21. The van der Waals surface area contributed by atoms with Crippen LogP contribution in [0.3, 0.4) is 0 Å². The Morgan fingerprint density at radius 3 is 1.23 bits per heavy atom. The molecule has 0 aliphatic rings. The SMILES string of the molecule is Cc1cc(-n2c3ccc(N(c4ccccc4)c4ccccc4)cc3c3cc(N(c4ccccc4)c4ccccc4)ccc32)cc(C)c1-c1cnccn1. The Balaban J connectivity index is 1.30. The minimum atomic E-state index is 0.884. The van der Waals surface area contributed by atoms with Crippen LogP contribution in [-0.4, -0.2) is 14.5 Å². The Hall–Kier alpha value is -6.98.